The van der Waals surface area contributed by atoms with Crippen molar-refractivity contribution in [3.05, 3.63) is 42.2 Å². The molecular formula is C17H22N4O. The summed E-state index contributed by atoms with van der Waals surface area (Å²) in [5, 5.41) is 2.92. The van der Waals surface area contributed by atoms with Gasteiger partial charge in [-0.2, -0.15) is 0 Å². The average molecular weight is 298 g/mol. The second-order valence-electron chi connectivity index (χ2n) is 5.75. The SMILES string of the molecule is CCCNC(=O)N1CC(n2c(C)cnc2-c2ccccc2)C1. The summed E-state index contributed by atoms with van der Waals surface area (Å²) in [5.41, 5.74) is 2.25. The lowest BCUT2D eigenvalue weighted by Crippen LogP contribution is -2.54. The molecule has 116 valence electrons. The van der Waals surface area contributed by atoms with E-state index in [9.17, 15) is 4.79 Å². The number of hydrogen-bond donors (Lipinski definition) is 1. The van der Waals surface area contributed by atoms with Crippen LogP contribution in [-0.2, 0) is 0 Å². The summed E-state index contributed by atoms with van der Waals surface area (Å²) in [6, 6.07) is 10.5. The predicted molar refractivity (Wildman–Crippen MR) is 86.7 cm³/mol. The number of rotatable bonds is 4. The Morgan fingerprint density at radius 2 is 2.05 bits per heavy atom. The number of nitrogens with one attached hydrogen (secondary N) is 1. The van der Waals surface area contributed by atoms with Gasteiger partial charge >= 0.3 is 6.03 Å². The molecule has 0 bridgehead atoms. The zero-order valence-electron chi connectivity index (χ0n) is 13.1. The molecule has 1 N–H and O–H groups in total. The number of hydrogen-bond acceptors (Lipinski definition) is 2. The number of aromatic nitrogens is 2. The van der Waals surface area contributed by atoms with Crippen LogP contribution in [0.2, 0.25) is 0 Å². The van der Waals surface area contributed by atoms with Crippen LogP contribution in [0, 0.1) is 6.92 Å². The predicted octanol–water partition coefficient (Wildman–Crippen LogP) is 2.83. The van der Waals surface area contributed by atoms with Crippen molar-refractivity contribution < 1.29 is 4.79 Å². The first-order valence-corrected chi connectivity index (χ1v) is 7.82. The highest BCUT2D eigenvalue weighted by Gasteiger charge is 2.33. The minimum Gasteiger partial charge on any atom is -0.338 e. The van der Waals surface area contributed by atoms with Crippen LogP contribution < -0.4 is 5.32 Å². The molecule has 2 amide bonds. The molecule has 0 saturated carbocycles. The minimum absolute atomic E-state index is 0.0390. The van der Waals surface area contributed by atoms with E-state index in [1.54, 1.807) is 0 Å². The van der Waals surface area contributed by atoms with E-state index in [0.29, 0.717) is 6.04 Å². The Bertz CT molecular complexity index is 644. The third-order valence-corrected chi connectivity index (χ3v) is 4.05. The largest absolute Gasteiger partial charge is 0.338 e. The Hall–Kier alpha value is -2.30. The van der Waals surface area contributed by atoms with E-state index in [1.165, 1.54) is 0 Å². The number of carbonyl (C=O) groups is 1. The maximum absolute atomic E-state index is 11.9. The molecule has 1 aromatic carbocycles. The number of benzene rings is 1. The van der Waals surface area contributed by atoms with Gasteiger partial charge < -0.3 is 14.8 Å². The summed E-state index contributed by atoms with van der Waals surface area (Å²) in [6.45, 7) is 6.35. The van der Waals surface area contributed by atoms with Gasteiger partial charge in [-0.25, -0.2) is 9.78 Å². The summed E-state index contributed by atoms with van der Waals surface area (Å²) in [5.74, 6) is 0.983. The molecule has 0 atom stereocenters. The molecule has 0 spiro atoms. The van der Waals surface area contributed by atoms with Gasteiger partial charge in [-0.15, -0.1) is 0 Å². The van der Waals surface area contributed by atoms with Gasteiger partial charge in [0.25, 0.3) is 0 Å². The number of nitrogens with zero attached hydrogens (tertiary/aromatic N) is 3. The van der Waals surface area contributed by atoms with E-state index >= 15 is 0 Å². The van der Waals surface area contributed by atoms with Crippen LogP contribution in [0.4, 0.5) is 4.79 Å². The van der Waals surface area contributed by atoms with Crippen LogP contribution in [-0.4, -0.2) is 40.1 Å². The van der Waals surface area contributed by atoms with Crippen LogP contribution in [0.1, 0.15) is 25.1 Å². The summed E-state index contributed by atoms with van der Waals surface area (Å²) in [6.07, 6.45) is 2.87. The number of carbonyl (C=O) groups excluding carboxylic acids is 1. The highest BCUT2D eigenvalue weighted by molar-refractivity contribution is 5.75. The van der Waals surface area contributed by atoms with Crippen molar-refractivity contribution in [3.63, 3.8) is 0 Å². The summed E-state index contributed by atoms with van der Waals surface area (Å²) in [7, 11) is 0. The highest BCUT2D eigenvalue weighted by Crippen LogP contribution is 2.29. The minimum atomic E-state index is 0.0390. The van der Waals surface area contributed by atoms with Crippen LogP contribution >= 0.6 is 0 Å². The first-order chi connectivity index (χ1) is 10.7. The molecule has 2 aromatic rings. The van der Waals surface area contributed by atoms with Gasteiger partial charge in [0.15, 0.2) is 0 Å². The molecule has 3 rings (SSSR count). The fourth-order valence-corrected chi connectivity index (χ4v) is 2.84. The Morgan fingerprint density at radius 3 is 2.73 bits per heavy atom. The van der Waals surface area contributed by atoms with Crippen LogP contribution in [0.15, 0.2) is 36.5 Å². The fourth-order valence-electron chi connectivity index (χ4n) is 2.84. The quantitative estimate of drug-likeness (QED) is 0.943. The van der Waals surface area contributed by atoms with Gasteiger partial charge in [0.1, 0.15) is 5.82 Å². The number of imidazole rings is 1. The number of amides is 2. The van der Waals surface area contributed by atoms with Crippen LogP contribution in [0.25, 0.3) is 11.4 Å². The van der Waals surface area contributed by atoms with Crippen LogP contribution in [0.5, 0.6) is 0 Å². The molecule has 5 heteroatoms. The van der Waals surface area contributed by atoms with E-state index < -0.39 is 0 Å². The van der Waals surface area contributed by atoms with E-state index in [1.807, 2.05) is 29.3 Å². The molecule has 0 unspecified atom stereocenters. The zero-order valence-corrected chi connectivity index (χ0v) is 13.1. The third-order valence-electron chi connectivity index (χ3n) is 4.05. The van der Waals surface area contributed by atoms with Gasteiger partial charge in [0.05, 0.1) is 6.04 Å². The zero-order chi connectivity index (χ0) is 15.5. The van der Waals surface area contributed by atoms with Crippen molar-refractivity contribution in [3.8, 4) is 11.4 Å². The molecule has 22 heavy (non-hydrogen) atoms. The average Bonchev–Trinajstić information content (AvgIpc) is 2.86. The monoisotopic (exact) mass is 298 g/mol. The third kappa shape index (κ3) is 2.71. The van der Waals surface area contributed by atoms with Crippen LogP contribution in [0.3, 0.4) is 0 Å². The lowest BCUT2D eigenvalue weighted by molar-refractivity contribution is 0.124. The topological polar surface area (TPSA) is 50.2 Å². The molecule has 5 nitrogen and oxygen atoms in total. The maximum atomic E-state index is 11.9. The molecular weight excluding hydrogens is 276 g/mol. The number of likely N-dealkylation sites (tertiary alicyclic amines) is 1. The second kappa shape index (κ2) is 6.22. The molecule has 1 aliphatic rings. The van der Waals surface area contributed by atoms with Crippen molar-refractivity contribution in [1.29, 1.82) is 0 Å². The fraction of sp³-hybridized carbons (Fsp3) is 0.412. The van der Waals surface area contributed by atoms with Crippen molar-refractivity contribution in [2.75, 3.05) is 19.6 Å². The van der Waals surface area contributed by atoms with Crippen molar-refractivity contribution in [2.24, 2.45) is 0 Å². The lowest BCUT2D eigenvalue weighted by Gasteiger charge is -2.41. The lowest BCUT2D eigenvalue weighted by atomic mass is 10.1. The first-order valence-electron chi connectivity index (χ1n) is 7.82. The van der Waals surface area contributed by atoms with Gasteiger partial charge in [-0.1, -0.05) is 37.3 Å². The van der Waals surface area contributed by atoms with E-state index in [0.717, 1.165) is 43.1 Å². The summed E-state index contributed by atoms with van der Waals surface area (Å²) < 4.78 is 2.25. The first kappa shape index (κ1) is 14.6. The van der Waals surface area contributed by atoms with Crippen molar-refractivity contribution >= 4 is 6.03 Å². The molecule has 2 heterocycles. The van der Waals surface area contributed by atoms with Gasteiger partial charge in [0, 0.05) is 37.1 Å². The Labute approximate surface area is 131 Å². The molecule has 1 aliphatic heterocycles. The Balaban J connectivity index is 1.73. The van der Waals surface area contributed by atoms with E-state index in [4.69, 9.17) is 0 Å². The smallest absolute Gasteiger partial charge is 0.317 e. The van der Waals surface area contributed by atoms with E-state index in [2.05, 4.69) is 40.8 Å². The van der Waals surface area contributed by atoms with Crippen molar-refractivity contribution in [2.45, 2.75) is 26.3 Å². The van der Waals surface area contributed by atoms with Gasteiger partial charge in [-0.05, 0) is 13.3 Å². The molecule has 1 saturated heterocycles. The molecule has 0 radical (unpaired) electrons. The number of aryl methyl sites for hydroxylation is 1. The molecule has 1 aromatic heterocycles. The van der Waals surface area contributed by atoms with Gasteiger partial charge in [-0.3, -0.25) is 0 Å². The second-order valence-corrected chi connectivity index (χ2v) is 5.75. The summed E-state index contributed by atoms with van der Waals surface area (Å²) in [4.78, 5) is 18.3. The van der Waals surface area contributed by atoms with Crippen molar-refractivity contribution in [1.82, 2.24) is 19.8 Å². The normalized spacial score (nSPS) is 14.7. The standard InChI is InChI=1S/C17H22N4O/c1-3-9-18-17(22)20-11-15(12-20)21-13(2)10-19-16(21)14-7-5-4-6-8-14/h4-8,10,15H,3,9,11-12H2,1-2H3,(H,18,22). The van der Waals surface area contributed by atoms with Gasteiger partial charge in [0.2, 0.25) is 0 Å². The molecule has 1 fully saturated rings. The Morgan fingerprint density at radius 1 is 1.32 bits per heavy atom. The Kier molecular flexibility index (Phi) is 4.13. The highest BCUT2D eigenvalue weighted by atomic mass is 16.2. The summed E-state index contributed by atoms with van der Waals surface area (Å²) >= 11 is 0. The number of urea groups is 1. The maximum Gasteiger partial charge on any atom is 0.317 e. The van der Waals surface area contributed by atoms with E-state index in [-0.39, 0.29) is 6.03 Å². The molecule has 0 aliphatic carbocycles.